The first-order chi connectivity index (χ1) is 26.9. The van der Waals surface area contributed by atoms with Crippen molar-refractivity contribution in [1.82, 2.24) is 37.2 Å². The van der Waals surface area contributed by atoms with Gasteiger partial charge in [0, 0.05) is 6.54 Å². The molecular formula is C32H58N12O14. The largest absolute Gasteiger partial charge is 0.480 e. The van der Waals surface area contributed by atoms with Crippen molar-refractivity contribution in [3.63, 3.8) is 0 Å². The minimum absolute atomic E-state index is 0.0357. The van der Waals surface area contributed by atoms with Crippen LogP contribution in [0.1, 0.15) is 53.9 Å². The van der Waals surface area contributed by atoms with E-state index in [9.17, 15) is 58.5 Å². The Labute approximate surface area is 333 Å². The maximum absolute atomic E-state index is 13.6. The van der Waals surface area contributed by atoms with Crippen molar-refractivity contribution in [3.05, 3.63) is 0 Å². The number of nitrogens with zero attached hydrogens (tertiary/aromatic N) is 1. The Hall–Kier alpha value is -5.70. The molecule has 0 radical (unpaired) electrons. The van der Waals surface area contributed by atoms with Crippen LogP contribution in [0, 0.1) is 5.92 Å². The molecule has 10 atom stereocenters. The minimum Gasteiger partial charge on any atom is -0.480 e. The lowest BCUT2D eigenvalue weighted by Gasteiger charge is -2.28. The SMILES string of the molecule is CC(C)[C@H](N)C(=O)N[C@H](C(=O)N[C@@H](CCCN=C(N)N)C(=O)N[C@@H](CC(N)=O)C(=O)N[C@H](C(=O)N[C@@H](CO)C(=O)N[C@@H](C)C(=O)N[C@@H](CO)C(=O)O)[C@@H](C)O)[C@@H](C)O. The molecule has 20 N–H and O–H groups in total. The van der Waals surface area contributed by atoms with Crippen molar-refractivity contribution in [2.45, 2.75) is 114 Å². The molecule has 0 aromatic rings. The monoisotopic (exact) mass is 834 g/mol. The van der Waals surface area contributed by atoms with Crippen LogP contribution in [0.2, 0.25) is 0 Å². The van der Waals surface area contributed by atoms with Crippen LogP contribution in [-0.4, -0.2) is 165 Å². The number of rotatable bonds is 26. The van der Waals surface area contributed by atoms with Gasteiger partial charge in [-0.3, -0.25) is 43.3 Å². The highest BCUT2D eigenvalue weighted by molar-refractivity contribution is 5.99. The Morgan fingerprint density at radius 1 is 0.569 bits per heavy atom. The van der Waals surface area contributed by atoms with Gasteiger partial charge in [-0.05, 0) is 39.5 Å². The molecule has 8 amide bonds. The fourth-order valence-corrected chi connectivity index (χ4v) is 4.65. The van der Waals surface area contributed by atoms with Gasteiger partial charge >= 0.3 is 5.97 Å². The van der Waals surface area contributed by atoms with E-state index in [1.54, 1.807) is 13.8 Å². The van der Waals surface area contributed by atoms with Gasteiger partial charge in [-0.1, -0.05) is 13.8 Å². The fraction of sp³-hybridized carbons (Fsp3) is 0.688. The number of primary amides is 1. The van der Waals surface area contributed by atoms with Crippen molar-refractivity contribution >= 4 is 59.2 Å². The summed E-state index contributed by atoms with van der Waals surface area (Å²) in [5, 5.41) is 63.7. The van der Waals surface area contributed by atoms with Gasteiger partial charge in [-0.2, -0.15) is 0 Å². The maximum atomic E-state index is 13.6. The quantitative estimate of drug-likeness (QED) is 0.0218. The zero-order valence-electron chi connectivity index (χ0n) is 32.8. The number of carbonyl (C=O) groups is 9. The third-order valence-corrected chi connectivity index (χ3v) is 8.13. The number of aliphatic carboxylic acids is 1. The molecule has 26 heteroatoms. The van der Waals surface area contributed by atoms with Gasteiger partial charge in [-0.15, -0.1) is 0 Å². The number of carbonyl (C=O) groups excluding carboxylic acids is 8. The lowest BCUT2D eigenvalue weighted by molar-refractivity contribution is -0.143. The van der Waals surface area contributed by atoms with Crippen molar-refractivity contribution in [2.75, 3.05) is 19.8 Å². The van der Waals surface area contributed by atoms with E-state index in [1.807, 2.05) is 5.32 Å². The molecule has 0 aromatic carbocycles. The molecule has 0 bridgehead atoms. The molecule has 0 saturated heterocycles. The summed E-state index contributed by atoms with van der Waals surface area (Å²) in [4.78, 5) is 118. The third-order valence-electron chi connectivity index (χ3n) is 8.13. The molecule has 0 heterocycles. The summed E-state index contributed by atoms with van der Waals surface area (Å²) in [7, 11) is 0. The standard InChI is InChI=1S/C32H58N12O14/c1-12(2)21(34)28(54)44-23(15(5)48)29(55)39-16(7-6-8-37-32(35)36)25(51)40-17(9-20(33)49)26(52)43-22(14(4)47)30(56)41-18(10-45)27(53)38-13(3)24(50)42-19(11-46)31(57)58/h12-19,21-23,45-48H,6-11,34H2,1-5H3,(H2,33,49)(H,38,53)(H,39,55)(H,40,51)(H,41,56)(H,42,50)(H,43,52)(H,44,54)(H,57,58)(H4,35,36,37)/t13-,14+,15+,16-,17-,18-,19-,21-,22-,23-/m0/s1. The number of nitrogens with one attached hydrogen (secondary N) is 7. The predicted octanol–water partition coefficient (Wildman–Crippen LogP) is -8.86. The second-order valence-electron chi connectivity index (χ2n) is 13.5. The van der Waals surface area contributed by atoms with Crippen LogP contribution in [0.25, 0.3) is 0 Å². The number of hydrogen-bond donors (Lipinski definition) is 16. The maximum Gasteiger partial charge on any atom is 0.328 e. The highest BCUT2D eigenvalue weighted by Gasteiger charge is 2.36. The zero-order chi connectivity index (χ0) is 45.0. The van der Waals surface area contributed by atoms with Gasteiger partial charge < -0.3 is 85.7 Å². The second-order valence-corrected chi connectivity index (χ2v) is 13.5. The molecular weight excluding hydrogens is 776 g/mol. The summed E-state index contributed by atoms with van der Waals surface area (Å²) in [5.41, 5.74) is 21.8. The highest BCUT2D eigenvalue weighted by atomic mass is 16.4. The minimum atomic E-state index is -1.93. The summed E-state index contributed by atoms with van der Waals surface area (Å²) >= 11 is 0. The summed E-state index contributed by atoms with van der Waals surface area (Å²) < 4.78 is 0. The molecule has 330 valence electrons. The van der Waals surface area contributed by atoms with Crippen molar-refractivity contribution in [3.8, 4) is 0 Å². The van der Waals surface area contributed by atoms with Gasteiger partial charge in [0.1, 0.15) is 42.3 Å². The van der Waals surface area contributed by atoms with Gasteiger partial charge in [-0.25, -0.2) is 4.79 Å². The molecule has 0 rings (SSSR count). The van der Waals surface area contributed by atoms with Gasteiger partial charge in [0.15, 0.2) is 5.96 Å². The Bertz CT molecular complexity index is 1490. The zero-order valence-corrected chi connectivity index (χ0v) is 32.8. The van der Waals surface area contributed by atoms with Crippen LogP contribution in [-0.2, 0) is 43.2 Å². The number of aliphatic hydroxyl groups excluding tert-OH is 4. The average Bonchev–Trinajstić information content (AvgIpc) is 3.12. The van der Waals surface area contributed by atoms with Crippen LogP contribution in [0.4, 0.5) is 0 Å². The number of hydrogen-bond acceptors (Lipinski definition) is 15. The first kappa shape index (κ1) is 52.3. The third kappa shape index (κ3) is 18.5. The number of aliphatic hydroxyl groups is 4. The van der Waals surface area contributed by atoms with E-state index in [2.05, 4.69) is 36.9 Å². The van der Waals surface area contributed by atoms with Crippen LogP contribution >= 0.6 is 0 Å². The van der Waals surface area contributed by atoms with E-state index in [1.165, 1.54) is 6.92 Å². The van der Waals surface area contributed by atoms with E-state index in [-0.39, 0.29) is 31.3 Å². The summed E-state index contributed by atoms with van der Waals surface area (Å²) in [5.74, 6) is -11.0. The van der Waals surface area contributed by atoms with Gasteiger partial charge in [0.2, 0.25) is 47.3 Å². The Morgan fingerprint density at radius 2 is 1.00 bits per heavy atom. The van der Waals surface area contributed by atoms with E-state index < -0.39 is 133 Å². The number of guanidine groups is 1. The molecule has 0 aliphatic rings. The number of nitrogens with two attached hydrogens (primary N) is 4. The molecule has 26 nitrogen and oxygen atoms in total. The van der Waals surface area contributed by atoms with E-state index in [0.717, 1.165) is 13.8 Å². The Balaban J connectivity index is 6.21. The molecule has 0 spiro atoms. The van der Waals surface area contributed by atoms with Crippen molar-refractivity contribution in [2.24, 2.45) is 33.8 Å². The summed E-state index contributed by atoms with van der Waals surface area (Å²) in [6.45, 7) is 4.56. The van der Waals surface area contributed by atoms with E-state index in [0.29, 0.717) is 0 Å². The second kappa shape index (κ2) is 25.5. The molecule has 0 unspecified atom stereocenters. The van der Waals surface area contributed by atoms with E-state index >= 15 is 0 Å². The fourth-order valence-electron chi connectivity index (χ4n) is 4.65. The summed E-state index contributed by atoms with van der Waals surface area (Å²) in [6.07, 6.45) is -4.28. The normalized spacial score (nSPS) is 16.2. The van der Waals surface area contributed by atoms with Gasteiger partial charge in [0.25, 0.3) is 0 Å². The Kier molecular flexibility index (Phi) is 23.0. The van der Waals surface area contributed by atoms with Crippen molar-refractivity contribution < 1.29 is 68.7 Å². The number of amides is 8. The van der Waals surface area contributed by atoms with Crippen LogP contribution in [0.5, 0.6) is 0 Å². The smallest absolute Gasteiger partial charge is 0.328 e. The van der Waals surface area contributed by atoms with Crippen LogP contribution in [0.3, 0.4) is 0 Å². The highest BCUT2D eigenvalue weighted by Crippen LogP contribution is 2.06. The molecule has 0 fully saturated rings. The van der Waals surface area contributed by atoms with Crippen LogP contribution in [0.15, 0.2) is 4.99 Å². The molecule has 0 aliphatic carbocycles. The average molecular weight is 835 g/mol. The number of carboxylic acids is 1. The van der Waals surface area contributed by atoms with Crippen molar-refractivity contribution in [1.29, 1.82) is 0 Å². The van der Waals surface area contributed by atoms with Gasteiger partial charge in [0.05, 0.1) is 37.9 Å². The summed E-state index contributed by atoms with van der Waals surface area (Å²) in [6, 6.07) is -13.0. The molecule has 0 aliphatic heterocycles. The first-order valence-electron chi connectivity index (χ1n) is 17.9. The predicted molar refractivity (Wildman–Crippen MR) is 201 cm³/mol. The lowest BCUT2D eigenvalue weighted by atomic mass is 10.0. The first-order valence-corrected chi connectivity index (χ1v) is 17.9. The molecule has 0 saturated carbocycles. The van der Waals surface area contributed by atoms with Crippen LogP contribution < -0.4 is 60.2 Å². The topological polar surface area (TPSA) is 455 Å². The lowest BCUT2D eigenvalue weighted by Crippen LogP contribution is -2.63. The number of aliphatic imine (C=N–C) groups is 1. The molecule has 0 aromatic heterocycles. The molecule has 58 heavy (non-hydrogen) atoms. The van der Waals surface area contributed by atoms with E-state index in [4.69, 9.17) is 33.1 Å². The Morgan fingerprint density at radius 3 is 1.43 bits per heavy atom. The number of carboxylic acid groups (broad SMARTS) is 1.